The molecule has 1 aliphatic carbocycles. The van der Waals surface area contributed by atoms with E-state index >= 15 is 0 Å². The van der Waals surface area contributed by atoms with Gasteiger partial charge in [0.15, 0.2) is 0 Å². The highest BCUT2D eigenvalue weighted by molar-refractivity contribution is 5.80. The summed E-state index contributed by atoms with van der Waals surface area (Å²) >= 11 is 0. The van der Waals surface area contributed by atoms with Crippen molar-refractivity contribution in [3.63, 3.8) is 0 Å². The lowest BCUT2D eigenvalue weighted by molar-refractivity contribution is 0.209. The first-order chi connectivity index (χ1) is 15.8. The summed E-state index contributed by atoms with van der Waals surface area (Å²) in [6, 6.07) is 21.6. The predicted octanol–water partition coefficient (Wildman–Crippen LogP) is 7.42. The van der Waals surface area contributed by atoms with Gasteiger partial charge < -0.3 is 14.2 Å². The van der Waals surface area contributed by atoms with Crippen molar-refractivity contribution >= 4 is 0 Å². The van der Waals surface area contributed by atoms with Crippen LogP contribution in [0.3, 0.4) is 0 Å². The summed E-state index contributed by atoms with van der Waals surface area (Å²) in [4.78, 5) is 0. The summed E-state index contributed by atoms with van der Waals surface area (Å²) in [5.74, 6) is 1.87. The van der Waals surface area contributed by atoms with Crippen LogP contribution < -0.4 is 9.47 Å². The van der Waals surface area contributed by atoms with E-state index in [1.807, 2.05) is 12.1 Å². The lowest BCUT2D eigenvalue weighted by Crippen LogP contribution is -2.00. The fourth-order valence-electron chi connectivity index (χ4n) is 4.16. The van der Waals surface area contributed by atoms with Crippen molar-refractivity contribution in [1.82, 2.24) is 0 Å². The molecular weight excluding hydrogens is 396 g/mol. The van der Waals surface area contributed by atoms with Gasteiger partial charge in [0.25, 0.3) is 0 Å². The van der Waals surface area contributed by atoms with Gasteiger partial charge in [-0.1, -0.05) is 62.7 Å². The monoisotopic (exact) mass is 428 g/mol. The van der Waals surface area contributed by atoms with Crippen LogP contribution in [0.15, 0.2) is 73.5 Å². The highest BCUT2D eigenvalue weighted by Crippen LogP contribution is 2.40. The van der Waals surface area contributed by atoms with Crippen molar-refractivity contribution < 1.29 is 14.2 Å². The van der Waals surface area contributed by atoms with Crippen molar-refractivity contribution in [2.45, 2.75) is 39.0 Å². The molecule has 0 amide bonds. The molecule has 4 rings (SSSR count). The highest BCUT2D eigenvalue weighted by atomic mass is 16.5. The molecule has 0 saturated carbocycles. The summed E-state index contributed by atoms with van der Waals surface area (Å²) in [5, 5.41) is 0. The Balaban J connectivity index is 1.39. The smallest absolute Gasteiger partial charge is 0.119 e. The van der Waals surface area contributed by atoms with Gasteiger partial charge in [-0.05, 0) is 70.5 Å². The van der Waals surface area contributed by atoms with E-state index in [2.05, 4.69) is 62.0 Å². The van der Waals surface area contributed by atoms with E-state index in [0.29, 0.717) is 13.2 Å². The van der Waals surface area contributed by atoms with Gasteiger partial charge in [0.2, 0.25) is 0 Å². The maximum absolute atomic E-state index is 5.96. The van der Waals surface area contributed by atoms with Gasteiger partial charge in [-0.2, -0.15) is 0 Å². The van der Waals surface area contributed by atoms with E-state index in [1.54, 1.807) is 0 Å². The Labute approximate surface area is 191 Å². The Bertz CT molecular complexity index is 1040. The lowest BCUT2D eigenvalue weighted by Gasteiger charge is -2.09. The minimum atomic E-state index is 0.631. The van der Waals surface area contributed by atoms with Crippen LogP contribution in [0.4, 0.5) is 0 Å². The second-order valence-electron chi connectivity index (χ2n) is 8.19. The lowest BCUT2D eigenvalue weighted by atomic mass is 9.99. The standard InChI is InChI=1S/C29H32O3/c1-3-5-6-17-32-27-13-15-29-25(21-27)20-24-19-23(10-14-28(24)29)22-8-11-26(12-9-22)31-18-7-16-30-4-2/h4,8-15,19,21H,2-3,5-7,16-18,20H2,1H3. The normalized spacial score (nSPS) is 11.5. The number of ether oxygens (including phenoxy) is 3. The average molecular weight is 429 g/mol. The first-order valence-electron chi connectivity index (χ1n) is 11.6. The Morgan fingerprint density at radius 1 is 0.719 bits per heavy atom. The minimum absolute atomic E-state index is 0.631. The molecule has 0 N–H and O–H groups in total. The van der Waals surface area contributed by atoms with Gasteiger partial charge in [-0.25, -0.2) is 0 Å². The minimum Gasteiger partial charge on any atom is -0.502 e. The van der Waals surface area contributed by atoms with E-state index < -0.39 is 0 Å². The van der Waals surface area contributed by atoms with Gasteiger partial charge in [-0.15, -0.1) is 0 Å². The zero-order valence-corrected chi connectivity index (χ0v) is 18.9. The molecule has 3 aromatic carbocycles. The van der Waals surface area contributed by atoms with Gasteiger partial charge in [0.1, 0.15) is 11.5 Å². The van der Waals surface area contributed by atoms with E-state index in [-0.39, 0.29) is 0 Å². The second kappa shape index (κ2) is 10.9. The molecule has 0 aliphatic heterocycles. The van der Waals surface area contributed by atoms with Crippen LogP contribution in [0.1, 0.15) is 43.7 Å². The third kappa shape index (κ3) is 5.34. The molecular formula is C29H32O3. The van der Waals surface area contributed by atoms with Crippen LogP contribution in [0.5, 0.6) is 11.5 Å². The summed E-state index contributed by atoms with van der Waals surface area (Å²) in [6.07, 6.45) is 6.81. The number of hydrogen-bond acceptors (Lipinski definition) is 3. The van der Waals surface area contributed by atoms with Crippen LogP contribution in [0.25, 0.3) is 22.3 Å². The maximum atomic E-state index is 5.96. The Hall–Kier alpha value is -3.20. The molecule has 1 aliphatic rings. The van der Waals surface area contributed by atoms with Gasteiger partial charge in [0.05, 0.1) is 26.1 Å². The quantitative estimate of drug-likeness (QED) is 0.173. The topological polar surface area (TPSA) is 27.7 Å². The van der Waals surface area contributed by atoms with E-state index in [9.17, 15) is 0 Å². The highest BCUT2D eigenvalue weighted by Gasteiger charge is 2.19. The second-order valence-corrected chi connectivity index (χ2v) is 8.19. The third-order valence-electron chi connectivity index (χ3n) is 5.85. The molecule has 0 heterocycles. The maximum Gasteiger partial charge on any atom is 0.119 e. The van der Waals surface area contributed by atoms with Gasteiger partial charge >= 0.3 is 0 Å². The number of rotatable bonds is 12. The fraction of sp³-hybridized carbons (Fsp3) is 0.310. The van der Waals surface area contributed by atoms with Crippen molar-refractivity contribution in [3.8, 4) is 33.8 Å². The average Bonchev–Trinajstić information content (AvgIpc) is 3.19. The predicted molar refractivity (Wildman–Crippen MR) is 131 cm³/mol. The molecule has 0 aromatic heterocycles. The van der Waals surface area contributed by atoms with E-state index in [4.69, 9.17) is 14.2 Å². The number of unbranched alkanes of at least 4 members (excludes halogenated alkanes) is 2. The molecule has 0 atom stereocenters. The van der Waals surface area contributed by atoms with Crippen LogP contribution in [-0.4, -0.2) is 19.8 Å². The first-order valence-corrected chi connectivity index (χ1v) is 11.6. The van der Waals surface area contributed by atoms with Crippen molar-refractivity contribution in [2.24, 2.45) is 0 Å². The molecule has 0 saturated heterocycles. The molecule has 0 radical (unpaired) electrons. The molecule has 166 valence electrons. The van der Waals surface area contributed by atoms with Crippen LogP contribution in [0.2, 0.25) is 0 Å². The molecule has 0 fully saturated rings. The van der Waals surface area contributed by atoms with Crippen LogP contribution in [0, 0.1) is 0 Å². The molecule has 3 aromatic rings. The zero-order valence-electron chi connectivity index (χ0n) is 18.9. The molecule has 3 nitrogen and oxygen atoms in total. The van der Waals surface area contributed by atoms with Crippen molar-refractivity contribution in [1.29, 1.82) is 0 Å². The summed E-state index contributed by atoms with van der Waals surface area (Å²) in [7, 11) is 0. The largest absolute Gasteiger partial charge is 0.502 e. The Morgan fingerprint density at radius 3 is 2.16 bits per heavy atom. The Morgan fingerprint density at radius 2 is 1.38 bits per heavy atom. The molecule has 0 bridgehead atoms. The Kier molecular flexibility index (Phi) is 7.50. The van der Waals surface area contributed by atoms with E-state index in [0.717, 1.165) is 37.4 Å². The molecule has 3 heteroatoms. The summed E-state index contributed by atoms with van der Waals surface area (Å²) in [6.45, 7) is 7.82. The molecule has 32 heavy (non-hydrogen) atoms. The van der Waals surface area contributed by atoms with Crippen molar-refractivity contribution in [3.05, 3.63) is 84.6 Å². The van der Waals surface area contributed by atoms with Crippen LogP contribution >= 0.6 is 0 Å². The summed E-state index contributed by atoms with van der Waals surface area (Å²) < 4.78 is 16.9. The zero-order chi connectivity index (χ0) is 22.2. The number of fused-ring (bicyclic) bond motifs is 3. The van der Waals surface area contributed by atoms with E-state index in [1.165, 1.54) is 52.5 Å². The fourth-order valence-corrected chi connectivity index (χ4v) is 4.16. The molecule has 0 unspecified atom stereocenters. The first kappa shape index (κ1) is 22.0. The SMILES string of the molecule is C=COCCCOc1ccc(-c2ccc3c(c2)Cc2cc(OCCCCC)ccc2-3)cc1. The summed E-state index contributed by atoms with van der Waals surface area (Å²) in [5.41, 5.74) is 7.83. The van der Waals surface area contributed by atoms with Gasteiger partial charge in [-0.3, -0.25) is 0 Å². The number of benzene rings is 3. The van der Waals surface area contributed by atoms with Crippen molar-refractivity contribution in [2.75, 3.05) is 19.8 Å². The number of hydrogen-bond donors (Lipinski definition) is 0. The van der Waals surface area contributed by atoms with Crippen LogP contribution in [-0.2, 0) is 11.2 Å². The third-order valence-corrected chi connectivity index (χ3v) is 5.85. The molecule has 0 spiro atoms. The van der Waals surface area contributed by atoms with Gasteiger partial charge in [0, 0.05) is 6.42 Å².